The average Bonchev–Trinajstić information content (AvgIpc) is 3.19. The number of nitrogens with zero attached hydrogens (tertiary/aromatic N) is 2. The monoisotopic (exact) mass is 710 g/mol. The lowest BCUT2D eigenvalue weighted by Crippen LogP contribution is -2.44. The molecule has 0 fully saturated rings. The van der Waals surface area contributed by atoms with Crippen LogP contribution in [0.15, 0.2) is 120 Å². The molecule has 0 saturated carbocycles. The molecule has 4 aliphatic rings. The van der Waals surface area contributed by atoms with Gasteiger partial charge in [0.05, 0.1) is 41.6 Å². The second kappa shape index (κ2) is 19.2. The number of carboxylic acids is 2. The Balaban J connectivity index is 0.000000185. The number of carbonyl (C=O) groups is 2. The van der Waals surface area contributed by atoms with Crippen LogP contribution in [-0.2, 0) is 9.59 Å². The Kier molecular flexibility index (Phi) is 14.7. The highest BCUT2D eigenvalue weighted by molar-refractivity contribution is 7.21. The number of hydrogen-bond acceptors (Lipinski definition) is 11. The van der Waals surface area contributed by atoms with E-state index in [0.717, 1.165) is 77.5 Å². The Bertz CT molecular complexity index is 2050. The Morgan fingerprint density at radius 1 is 0.592 bits per heavy atom. The van der Waals surface area contributed by atoms with Crippen LogP contribution in [0.25, 0.3) is 41.6 Å². The summed E-state index contributed by atoms with van der Waals surface area (Å²) in [5.74, 6) is -2.17. The first-order chi connectivity index (χ1) is 23.4. The summed E-state index contributed by atoms with van der Waals surface area (Å²) in [5.41, 5.74) is 16.9. The normalized spacial score (nSPS) is 9.67. The molecule has 0 atom stereocenters. The van der Waals surface area contributed by atoms with Crippen LogP contribution in [0.2, 0.25) is 0 Å². The second-order valence-corrected chi connectivity index (χ2v) is 12.9. The van der Waals surface area contributed by atoms with E-state index in [2.05, 4.69) is 9.97 Å². The molecule has 3 heterocycles. The van der Waals surface area contributed by atoms with E-state index in [1.165, 1.54) is 0 Å². The summed E-state index contributed by atoms with van der Waals surface area (Å²) in [7, 11) is 0. The van der Waals surface area contributed by atoms with Gasteiger partial charge in [0, 0.05) is 47.6 Å². The van der Waals surface area contributed by atoms with Crippen LogP contribution >= 0.6 is 34.0 Å². The number of aliphatic carboxylic acids is 2. The molecule has 7 rings (SSSR count). The lowest BCUT2D eigenvalue weighted by molar-refractivity contribution is -0.303. The fraction of sp³-hybridized carbons (Fsp3) is 0.0556. The van der Waals surface area contributed by atoms with Gasteiger partial charge in [-0.3, -0.25) is 10.8 Å². The molecule has 1 aromatic heterocycles. The maximum Gasteiger partial charge on any atom is 0.198 e. The van der Waals surface area contributed by atoms with Gasteiger partial charge in [-0.2, -0.15) is 11.3 Å². The van der Waals surface area contributed by atoms with Gasteiger partial charge in [-0.05, 0) is 73.1 Å². The van der Waals surface area contributed by atoms with Crippen LogP contribution in [0.4, 0.5) is 11.4 Å². The molecule has 8 N–H and O–H groups in total. The lowest BCUT2D eigenvalue weighted by Gasteiger charge is -2.05. The van der Waals surface area contributed by atoms with Crippen molar-refractivity contribution in [1.29, 1.82) is 0 Å². The molecule has 0 unspecified atom stereocenters. The summed E-state index contributed by atoms with van der Waals surface area (Å²) >= 11 is 4.99. The van der Waals surface area contributed by atoms with Crippen molar-refractivity contribution in [3.63, 3.8) is 0 Å². The Morgan fingerprint density at radius 3 is 1.35 bits per heavy atom. The number of aromatic nitrogens is 2. The SMILES string of the molecule is CC(=O)[O-].CC(=O)[O-].Nc1ccc2nc3ccc(=[NH2+])cc-3sc2c1.Nc1ccc2nc3ccc(=[NH2+])cc-3sc2c1.c1ccccsccc1. The molecule has 2 aliphatic heterocycles. The van der Waals surface area contributed by atoms with Gasteiger partial charge < -0.3 is 31.3 Å². The van der Waals surface area contributed by atoms with E-state index in [9.17, 15) is 0 Å². The van der Waals surface area contributed by atoms with Crippen molar-refractivity contribution in [2.45, 2.75) is 13.8 Å². The van der Waals surface area contributed by atoms with E-state index in [0.29, 0.717) is 0 Å². The number of nitrogen functional groups attached to an aromatic ring is 2. The minimum absolute atomic E-state index is 0.758. The van der Waals surface area contributed by atoms with Crippen molar-refractivity contribution in [3.05, 3.63) is 131 Å². The molecular formula is C36H34N6O4S3. The molecule has 49 heavy (non-hydrogen) atoms. The Morgan fingerprint density at radius 2 is 0.959 bits per heavy atom. The van der Waals surface area contributed by atoms with E-state index in [-0.39, 0.29) is 0 Å². The third kappa shape index (κ3) is 13.5. The number of carbonyl (C=O) groups excluding carboxylic acids is 2. The van der Waals surface area contributed by atoms with Gasteiger partial charge in [0.15, 0.2) is 10.7 Å². The van der Waals surface area contributed by atoms with E-state index in [4.69, 9.17) is 42.1 Å². The van der Waals surface area contributed by atoms with Gasteiger partial charge in [-0.1, -0.05) is 36.4 Å². The maximum absolute atomic E-state index is 8.89. The largest absolute Gasteiger partial charge is 0.550 e. The standard InChI is InChI=1S/2C12H9N3S.C8H8S.2C2H4O2/c2*13-7-1-3-9-11(5-7)16-12-6-8(14)2-4-10(12)15-9;1-2-4-6-8-9-7-5-3-1;2*1-2(3)4/h2*1-6,13H,14H2;1-8H;2*1H3,(H,3,4). The highest BCUT2D eigenvalue weighted by atomic mass is 32.1. The Labute approximate surface area is 294 Å². The van der Waals surface area contributed by atoms with Crippen molar-refractivity contribution in [3.8, 4) is 21.1 Å². The van der Waals surface area contributed by atoms with Crippen molar-refractivity contribution >= 4 is 77.8 Å². The van der Waals surface area contributed by atoms with Gasteiger partial charge >= 0.3 is 0 Å². The molecule has 13 heteroatoms. The van der Waals surface area contributed by atoms with Crippen LogP contribution < -0.4 is 43.2 Å². The number of hydrogen-bond donors (Lipinski definition) is 4. The van der Waals surface area contributed by atoms with Crippen molar-refractivity contribution < 1.29 is 30.6 Å². The van der Waals surface area contributed by atoms with E-state index < -0.39 is 11.9 Å². The zero-order valence-electron chi connectivity index (χ0n) is 26.6. The topological polar surface area (TPSA) is 209 Å². The third-order valence-electron chi connectivity index (χ3n) is 5.73. The first kappa shape index (κ1) is 37.7. The zero-order valence-corrected chi connectivity index (χ0v) is 29.1. The molecule has 2 aliphatic carbocycles. The van der Waals surface area contributed by atoms with Crippen LogP contribution in [0, 0.1) is 0 Å². The number of benzene rings is 4. The van der Waals surface area contributed by atoms with E-state index in [1.54, 1.807) is 34.0 Å². The number of anilines is 2. The lowest BCUT2D eigenvalue weighted by atomic mass is 10.2. The van der Waals surface area contributed by atoms with Gasteiger partial charge in [-0.25, -0.2) is 9.97 Å². The van der Waals surface area contributed by atoms with Crippen LogP contribution in [-0.4, -0.2) is 21.9 Å². The molecule has 0 radical (unpaired) electrons. The fourth-order valence-electron chi connectivity index (χ4n) is 3.80. The van der Waals surface area contributed by atoms with E-state index >= 15 is 0 Å². The average molecular weight is 711 g/mol. The van der Waals surface area contributed by atoms with Crippen LogP contribution in [0.1, 0.15) is 13.8 Å². The minimum Gasteiger partial charge on any atom is -0.550 e. The maximum atomic E-state index is 8.89. The van der Waals surface area contributed by atoms with Crippen molar-refractivity contribution in [1.82, 2.24) is 9.97 Å². The summed E-state index contributed by atoms with van der Waals surface area (Å²) < 4.78 is 2.16. The van der Waals surface area contributed by atoms with Gasteiger partial charge in [-0.15, -0.1) is 22.7 Å². The summed E-state index contributed by atoms with van der Waals surface area (Å²) in [6.45, 7) is 1.94. The van der Waals surface area contributed by atoms with Gasteiger partial charge in [0.1, 0.15) is 0 Å². The second-order valence-electron chi connectivity index (χ2n) is 9.88. The van der Waals surface area contributed by atoms with E-state index in [1.807, 2.05) is 120 Å². The molecule has 250 valence electrons. The first-order valence-corrected chi connectivity index (χ1v) is 17.0. The van der Waals surface area contributed by atoms with Crippen LogP contribution in [0.5, 0.6) is 0 Å². The highest BCUT2D eigenvalue weighted by Gasteiger charge is 2.08. The molecule has 0 amide bonds. The number of fused-ring (bicyclic) bond motifs is 4. The Hall–Kier alpha value is -5.76. The summed E-state index contributed by atoms with van der Waals surface area (Å²) in [5, 5.41) is 34.9. The number of carboxylic acid groups (broad SMARTS) is 2. The van der Waals surface area contributed by atoms with Crippen LogP contribution in [0.3, 0.4) is 0 Å². The minimum atomic E-state index is -1.08. The molecule has 10 nitrogen and oxygen atoms in total. The number of nitrogens with two attached hydrogens (primary N) is 4. The molecule has 0 bridgehead atoms. The summed E-state index contributed by atoms with van der Waals surface area (Å²) in [6, 6.07) is 35.1. The van der Waals surface area contributed by atoms with Gasteiger partial charge in [0.25, 0.3) is 0 Å². The molecular weight excluding hydrogens is 677 g/mol. The smallest absolute Gasteiger partial charge is 0.198 e. The fourth-order valence-corrected chi connectivity index (χ4v) is 6.38. The quantitative estimate of drug-likeness (QED) is 0.134. The zero-order chi connectivity index (χ0) is 35.8. The predicted molar refractivity (Wildman–Crippen MR) is 195 cm³/mol. The van der Waals surface area contributed by atoms with Crippen molar-refractivity contribution in [2.24, 2.45) is 0 Å². The highest BCUT2D eigenvalue weighted by Crippen LogP contribution is 2.31. The predicted octanol–water partition coefficient (Wildman–Crippen LogP) is 1.67. The van der Waals surface area contributed by atoms with Gasteiger partial charge in [0.2, 0.25) is 0 Å². The third-order valence-corrected chi connectivity index (χ3v) is 8.54. The molecule has 0 saturated heterocycles. The summed E-state index contributed by atoms with van der Waals surface area (Å²) in [4.78, 5) is 29.1. The van der Waals surface area contributed by atoms with Crippen molar-refractivity contribution in [2.75, 3.05) is 11.5 Å². The summed E-state index contributed by atoms with van der Waals surface area (Å²) in [6.07, 6.45) is 0. The number of rotatable bonds is 0. The molecule has 3 aromatic rings. The molecule has 2 aromatic carbocycles. The molecule has 0 spiro atoms. The first-order valence-electron chi connectivity index (χ1n) is 14.4.